The second-order valence-corrected chi connectivity index (χ2v) is 5.02. The lowest BCUT2D eigenvalue weighted by Crippen LogP contribution is -2.16. The monoisotopic (exact) mass is 267 g/mol. The van der Waals surface area contributed by atoms with Gasteiger partial charge in [-0.2, -0.15) is 0 Å². The molecule has 0 N–H and O–H groups in total. The van der Waals surface area contributed by atoms with Crippen LogP contribution in [0.2, 0.25) is 0 Å². The first-order valence-corrected chi connectivity index (χ1v) is 6.42. The van der Waals surface area contributed by atoms with Gasteiger partial charge in [0.1, 0.15) is 5.82 Å². The van der Waals surface area contributed by atoms with Crippen LogP contribution in [-0.4, -0.2) is 4.57 Å². The lowest BCUT2D eigenvalue weighted by molar-refractivity contribution is 0.629. The number of aryl methyl sites for hydroxylation is 2. The Morgan fingerprint density at radius 2 is 1.85 bits per heavy atom. The number of benzene rings is 2. The molecule has 0 aliphatic rings. The van der Waals surface area contributed by atoms with E-state index in [1.807, 2.05) is 31.2 Å². The maximum Gasteiger partial charge on any atom is 0.258 e. The van der Waals surface area contributed by atoms with Crippen molar-refractivity contribution in [3.63, 3.8) is 0 Å². The quantitative estimate of drug-likeness (QED) is 0.659. The van der Waals surface area contributed by atoms with Gasteiger partial charge in [0.25, 0.3) is 5.56 Å². The van der Waals surface area contributed by atoms with Gasteiger partial charge < -0.3 is 4.57 Å². The third-order valence-electron chi connectivity index (χ3n) is 3.47. The third-order valence-corrected chi connectivity index (χ3v) is 3.47. The van der Waals surface area contributed by atoms with Crippen LogP contribution in [0, 0.1) is 12.7 Å². The molecular weight excluding hydrogens is 253 g/mol. The first kappa shape index (κ1) is 12.6. The maximum absolute atomic E-state index is 13.5. The van der Waals surface area contributed by atoms with E-state index in [9.17, 15) is 9.18 Å². The van der Waals surface area contributed by atoms with Crippen molar-refractivity contribution < 1.29 is 4.39 Å². The molecule has 3 aromatic rings. The summed E-state index contributed by atoms with van der Waals surface area (Å²) in [5.41, 5.74) is 2.86. The van der Waals surface area contributed by atoms with E-state index in [4.69, 9.17) is 0 Å². The summed E-state index contributed by atoms with van der Waals surface area (Å²) in [6.07, 6.45) is 1.76. The van der Waals surface area contributed by atoms with Crippen LogP contribution in [0.4, 0.5) is 4.39 Å². The summed E-state index contributed by atoms with van der Waals surface area (Å²) < 4.78 is 15.1. The molecule has 0 aliphatic carbocycles. The van der Waals surface area contributed by atoms with Crippen LogP contribution in [0.3, 0.4) is 0 Å². The van der Waals surface area contributed by atoms with Crippen molar-refractivity contribution in [3.05, 3.63) is 70.4 Å². The second-order valence-electron chi connectivity index (χ2n) is 5.02. The summed E-state index contributed by atoms with van der Waals surface area (Å²) in [4.78, 5) is 12.1. The Labute approximate surface area is 116 Å². The van der Waals surface area contributed by atoms with Crippen LogP contribution in [0.25, 0.3) is 21.9 Å². The molecule has 0 atom stereocenters. The highest BCUT2D eigenvalue weighted by Crippen LogP contribution is 2.27. The predicted molar refractivity (Wildman–Crippen MR) is 79.3 cm³/mol. The first-order valence-electron chi connectivity index (χ1n) is 6.42. The summed E-state index contributed by atoms with van der Waals surface area (Å²) in [6, 6.07) is 12.3. The molecule has 0 aliphatic heterocycles. The van der Waals surface area contributed by atoms with Gasteiger partial charge in [-0.15, -0.1) is 0 Å². The number of pyridine rings is 1. The fourth-order valence-corrected chi connectivity index (χ4v) is 2.48. The van der Waals surface area contributed by atoms with Gasteiger partial charge in [0.15, 0.2) is 0 Å². The third kappa shape index (κ3) is 2.01. The number of hydrogen-bond acceptors (Lipinski definition) is 1. The van der Waals surface area contributed by atoms with Crippen molar-refractivity contribution >= 4 is 10.8 Å². The van der Waals surface area contributed by atoms with E-state index >= 15 is 0 Å². The molecule has 0 saturated carbocycles. The maximum atomic E-state index is 13.5. The molecule has 0 unspecified atom stereocenters. The van der Waals surface area contributed by atoms with Gasteiger partial charge in [0, 0.05) is 24.2 Å². The fraction of sp³-hybridized carbons (Fsp3) is 0.118. The van der Waals surface area contributed by atoms with Crippen LogP contribution in [0.15, 0.2) is 53.5 Å². The smallest absolute Gasteiger partial charge is 0.258 e. The molecule has 0 fully saturated rings. The molecular formula is C17H14FNO. The standard InChI is InChI=1S/C17H14FNO/c1-11-4-3-5-12(8-11)16-10-19(2)17(20)14-7-6-13(18)9-15(14)16/h3-10H,1-2H3. The molecule has 0 amide bonds. The number of hydrogen-bond donors (Lipinski definition) is 0. The Morgan fingerprint density at radius 3 is 2.60 bits per heavy atom. The molecule has 3 rings (SSSR count). The second kappa shape index (κ2) is 4.60. The van der Waals surface area contributed by atoms with E-state index in [0.717, 1.165) is 16.7 Å². The summed E-state index contributed by atoms with van der Waals surface area (Å²) in [6.45, 7) is 2.01. The van der Waals surface area contributed by atoms with Crippen LogP contribution in [0.1, 0.15) is 5.56 Å². The van der Waals surface area contributed by atoms with E-state index in [0.29, 0.717) is 10.8 Å². The number of rotatable bonds is 1. The van der Waals surface area contributed by atoms with Gasteiger partial charge in [0.05, 0.1) is 0 Å². The molecule has 1 heterocycles. The highest BCUT2D eigenvalue weighted by Gasteiger charge is 2.10. The number of aromatic nitrogens is 1. The Hall–Kier alpha value is -2.42. The highest BCUT2D eigenvalue weighted by molar-refractivity contribution is 5.95. The minimum Gasteiger partial charge on any atom is -0.317 e. The molecule has 0 spiro atoms. The summed E-state index contributed by atoms with van der Waals surface area (Å²) in [5, 5.41) is 1.19. The zero-order valence-corrected chi connectivity index (χ0v) is 11.4. The van der Waals surface area contributed by atoms with Crippen LogP contribution >= 0.6 is 0 Å². The Balaban J connectivity index is 2.44. The first-order chi connectivity index (χ1) is 9.56. The van der Waals surface area contributed by atoms with Crippen LogP contribution in [-0.2, 0) is 7.05 Å². The van der Waals surface area contributed by atoms with Crippen molar-refractivity contribution in [1.29, 1.82) is 0 Å². The highest BCUT2D eigenvalue weighted by atomic mass is 19.1. The van der Waals surface area contributed by atoms with E-state index < -0.39 is 0 Å². The average Bonchev–Trinajstić information content (AvgIpc) is 2.42. The van der Waals surface area contributed by atoms with E-state index in [2.05, 4.69) is 0 Å². The van der Waals surface area contributed by atoms with Crippen molar-refractivity contribution in [2.24, 2.45) is 7.05 Å². The van der Waals surface area contributed by atoms with Crippen LogP contribution < -0.4 is 5.56 Å². The molecule has 0 radical (unpaired) electrons. The lowest BCUT2D eigenvalue weighted by atomic mass is 9.99. The summed E-state index contributed by atoms with van der Waals surface area (Å²) >= 11 is 0. The van der Waals surface area contributed by atoms with Gasteiger partial charge in [-0.05, 0) is 36.1 Å². The zero-order valence-electron chi connectivity index (χ0n) is 11.4. The van der Waals surface area contributed by atoms with E-state index in [1.165, 1.54) is 16.7 Å². The fourth-order valence-electron chi connectivity index (χ4n) is 2.48. The Morgan fingerprint density at radius 1 is 1.05 bits per heavy atom. The van der Waals surface area contributed by atoms with Crippen molar-refractivity contribution in [2.75, 3.05) is 0 Å². The van der Waals surface area contributed by atoms with Crippen molar-refractivity contribution in [2.45, 2.75) is 6.92 Å². The van der Waals surface area contributed by atoms with Gasteiger partial charge in [-0.3, -0.25) is 4.79 Å². The molecule has 0 bridgehead atoms. The number of fused-ring (bicyclic) bond motifs is 1. The lowest BCUT2D eigenvalue weighted by Gasteiger charge is -2.10. The molecule has 100 valence electrons. The molecule has 20 heavy (non-hydrogen) atoms. The molecule has 1 aromatic heterocycles. The molecule has 2 nitrogen and oxygen atoms in total. The Kier molecular flexibility index (Phi) is 2.90. The van der Waals surface area contributed by atoms with Gasteiger partial charge in [0.2, 0.25) is 0 Å². The van der Waals surface area contributed by atoms with Crippen molar-refractivity contribution in [3.8, 4) is 11.1 Å². The topological polar surface area (TPSA) is 22.0 Å². The van der Waals surface area contributed by atoms with Gasteiger partial charge >= 0.3 is 0 Å². The molecule has 3 heteroatoms. The summed E-state index contributed by atoms with van der Waals surface area (Å²) in [7, 11) is 1.71. The minimum absolute atomic E-state index is 0.114. The SMILES string of the molecule is Cc1cccc(-c2cn(C)c(=O)c3ccc(F)cc23)c1. The minimum atomic E-state index is -0.334. The summed E-state index contributed by atoms with van der Waals surface area (Å²) in [5.74, 6) is -0.334. The van der Waals surface area contributed by atoms with E-state index in [-0.39, 0.29) is 11.4 Å². The van der Waals surface area contributed by atoms with Crippen LogP contribution in [0.5, 0.6) is 0 Å². The van der Waals surface area contributed by atoms with Gasteiger partial charge in [-0.1, -0.05) is 29.8 Å². The zero-order chi connectivity index (χ0) is 14.3. The normalized spacial score (nSPS) is 10.9. The Bertz CT molecular complexity index is 864. The van der Waals surface area contributed by atoms with Gasteiger partial charge in [-0.25, -0.2) is 4.39 Å². The predicted octanol–water partition coefficient (Wildman–Crippen LogP) is 3.65. The average molecular weight is 267 g/mol. The number of halogens is 1. The number of nitrogens with zero attached hydrogens (tertiary/aromatic N) is 1. The van der Waals surface area contributed by atoms with E-state index in [1.54, 1.807) is 19.3 Å². The molecule has 0 saturated heterocycles. The van der Waals surface area contributed by atoms with Crippen molar-refractivity contribution in [1.82, 2.24) is 4.57 Å². The largest absolute Gasteiger partial charge is 0.317 e. The molecule has 2 aromatic carbocycles.